The lowest BCUT2D eigenvalue weighted by Crippen LogP contribution is -2.53. The first-order valence-electron chi connectivity index (χ1n) is 27.1. The SMILES string of the molecule is CC(C)C1(C)C2CC3CC(C2)CC1C3.CC1(C)C2CC3CC(C2)CC1C3.CC12CC3CC(CC(C3)C1)C2.CC1CCCCC1.CCC1(C)C2CC3CC(C2)CC1C3. The van der Waals surface area contributed by atoms with Gasteiger partial charge in [0.1, 0.15) is 0 Å². The van der Waals surface area contributed by atoms with Crippen LogP contribution in [0.1, 0.15) is 236 Å². The van der Waals surface area contributed by atoms with Gasteiger partial charge in [-0.15, -0.1) is 0 Å². The van der Waals surface area contributed by atoms with E-state index in [4.69, 9.17) is 0 Å². The van der Waals surface area contributed by atoms with E-state index < -0.39 is 0 Å². The third-order valence-corrected chi connectivity index (χ3v) is 23.4. The molecule has 0 unspecified atom stereocenters. The van der Waals surface area contributed by atoms with Crippen LogP contribution in [0.2, 0.25) is 0 Å². The molecule has 16 bridgehead atoms. The van der Waals surface area contributed by atoms with Gasteiger partial charge in [-0.25, -0.2) is 0 Å². The maximum Gasteiger partial charge on any atom is -0.0246 e. The summed E-state index contributed by atoms with van der Waals surface area (Å²) < 4.78 is 0. The van der Waals surface area contributed by atoms with Gasteiger partial charge in [-0.2, -0.15) is 0 Å². The van der Waals surface area contributed by atoms with Gasteiger partial charge < -0.3 is 0 Å². The predicted octanol–water partition coefficient (Wildman–Crippen LogP) is 17.2. The van der Waals surface area contributed by atoms with Crippen molar-refractivity contribution in [2.24, 2.45) is 122 Å². The zero-order valence-corrected chi connectivity index (χ0v) is 39.9. The molecule has 0 heteroatoms. The molecular formula is C57H98. The summed E-state index contributed by atoms with van der Waals surface area (Å²) in [6.45, 7) is 22.5. The Bertz CT molecular complexity index is 1210. The highest BCUT2D eigenvalue weighted by molar-refractivity contribution is 5.06. The molecule has 0 aliphatic heterocycles. The van der Waals surface area contributed by atoms with Crippen molar-refractivity contribution in [3.63, 3.8) is 0 Å². The van der Waals surface area contributed by atoms with Crippen LogP contribution in [-0.4, -0.2) is 0 Å². The Morgan fingerprint density at radius 2 is 0.719 bits per heavy atom. The summed E-state index contributed by atoms with van der Waals surface area (Å²) >= 11 is 0. The maximum absolute atomic E-state index is 2.60. The number of rotatable bonds is 2. The van der Waals surface area contributed by atoms with E-state index in [-0.39, 0.29) is 0 Å². The van der Waals surface area contributed by atoms with Crippen LogP contribution >= 0.6 is 0 Å². The van der Waals surface area contributed by atoms with Crippen LogP contribution in [-0.2, 0) is 0 Å². The van der Waals surface area contributed by atoms with Gasteiger partial charge in [0.2, 0.25) is 0 Å². The summed E-state index contributed by atoms with van der Waals surface area (Å²) in [7, 11) is 0. The summed E-state index contributed by atoms with van der Waals surface area (Å²) in [5, 5.41) is 0. The topological polar surface area (TPSA) is 0 Å². The van der Waals surface area contributed by atoms with E-state index in [1.165, 1.54) is 38.5 Å². The van der Waals surface area contributed by atoms with Crippen molar-refractivity contribution in [3.05, 3.63) is 0 Å². The van der Waals surface area contributed by atoms with E-state index in [1.807, 2.05) is 0 Å². The second-order valence-corrected chi connectivity index (χ2v) is 27.6. The van der Waals surface area contributed by atoms with Crippen molar-refractivity contribution in [2.75, 3.05) is 0 Å². The molecule has 17 rings (SSSR count). The Kier molecular flexibility index (Phi) is 12.1. The van der Waals surface area contributed by atoms with E-state index in [9.17, 15) is 0 Å². The Hall–Kier alpha value is 0. The zero-order valence-electron chi connectivity index (χ0n) is 39.9. The van der Waals surface area contributed by atoms with Crippen molar-refractivity contribution in [3.8, 4) is 0 Å². The number of hydrogen-bond acceptors (Lipinski definition) is 0. The standard InChI is InChI=1S/C14H24.C13H22.C12H20.C11H18.C7H14/c1-9(2)14(3)12-5-10-4-11(7-12)8-13(14)6-10;1-3-13(2)11-5-9-4-10(7-11)8-12(13)6-9;1-12(2)10-4-8-3-9(6-10)7-11(12)5-8;1-11-5-8-2-9(6-11)4-10(3-8)7-11;1-7-5-3-2-4-6-7/h9-13H,4-8H2,1-3H3;9-12H,3-8H2,1-2H3;8-11H,3-7H2,1-2H3;8-10H,2-7H2,1H3;7H,2-6H2,1H3. The highest BCUT2D eigenvalue weighted by Gasteiger charge is 2.57. The minimum atomic E-state index is 0.702. The molecule has 0 aromatic heterocycles. The molecule has 0 atom stereocenters. The molecule has 0 amide bonds. The van der Waals surface area contributed by atoms with E-state index in [2.05, 4.69) is 62.3 Å². The molecule has 0 N–H and O–H groups in total. The molecule has 0 spiro atoms. The van der Waals surface area contributed by atoms with Gasteiger partial charge in [0.15, 0.2) is 0 Å². The molecule has 17 fully saturated rings. The zero-order chi connectivity index (χ0) is 39.9. The first kappa shape index (κ1) is 42.3. The molecule has 0 aromatic rings. The maximum atomic E-state index is 2.60. The first-order valence-corrected chi connectivity index (χ1v) is 27.1. The van der Waals surface area contributed by atoms with Gasteiger partial charge in [0.05, 0.1) is 0 Å². The summed E-state index contributed by atoms with van der Waals surface area (Å²) in [6.07, 6.45) is 42.0. The molecular weight excluding hydrogens is 685 g/mol. The molecule has 17 aliphatic rings. The van der Waals surface area contributed by atoms with Crippen molar-refractivity contribution in [2.45, 2.75) is 236 Å². The second-order valence-electron chi connectivity index (χ2n) is 27.6. The Labute approximate surface area is 356 Å². The van der Waals surface area contributed by atoms with Gasteiger partial charge in [-0.3, -0.25) is 0 Å². The smallest absolute Gasteiger partial charge is 0.0246 e. The summed E-state index contributed by atoms with van der Waals surface area (Å²) in [4.78, 5) is 0. The molecule has 17 aliphatic carbocycles. The molecule has 0 radical (unpaired) electrons. The molecule has 0 heterocycles. The Balaban J connectivity index is 0.0000000940. The van der Waals surface area contributed by atoms with Gasteiger partial charge >= 0.3 is 0 Å². The van der Waals surface area contributed by atoms with Crippen LogP contribution in [0.5, 0.6) is 0 Å². The lowest BCUT2D eigenvalue weighted by molar-refractivity contribution is -0.122. The van der Waals surface area contributed by atoms with Crippen molar-refractivity contribution in [1.29, 1.82) is 0 Å². The monoisotopic (exact) mass is 783 g/mol. The van der Waals surface area contributed by atoms with Crippen LogP contribution in [0.15, 0.2) is 0 Å². The van der Waals surface area contributed by atoms with Gasteiger partial charge in [0, 0.05) is 0 Å². The van der Waals surface area contributed by atoms with E-state index in [0.29, 0.717) is 10.8 Å². The summed E-state index contributed by atoms with van der Waals surface area (Å²) in [5.41, 5.74) is 2.95. The second kappa shape index (κ2) is 16.3. The molecule has 0 nitrogen and oxygen atoms in total. The van der Waals surface area contributed by atoms with Crippen molar-refractivity contribution in [1.82, 2.24) is 0 Å². The minimum absolute atomic E-state index is 0.702. The highest BCUT2D eigenvalue weighted by atomic mass is 14.6. The van der Waals surface area contributed by atoms with Gasteiger partial charge in [-0.05, 0) is 257 Å². The normalized spacial score (nSPS) is 53.3. The van der Waals surface area contributed by atoms with Gasteiger partial charge in [0.25, 0.3) is 0 Å². The lowest BCUT2D eigenvalue weighted by Gasteiger charge is -2.62. The summed E-state index contributed by atoms with van der Waals surface area (Å²) in [5.74, 6) is 18.7. The molecule has 57 heavy (non-hydrogen) atoms. The predicted molar refractivity (Wildman–Crippen MR) is 245 cm³/mol. The highest BCUT2D eigenvalue weighted by Crippen LogP contribution is 2.66. The average molecular weight is 783 g/mol. The Morgan fingerprint density at radius 3 is 1.00 bits per heavy atom. The van der Waals surface area contributed by atoms with E-state index in [1.54, 1.807) is 135 Å². The average Bonchev–Trinajstić information content (AvgIpc) is 3.14. The largest absolute Gasteiger partial charge is 0.0648 e. The van der Waals surface area contributed by atoms with Crippen LogP contribution in [0.3, 0.4) is 0 Å². The van der Waals surface area contributed by atoms with E-state index in [0.717, 1.165) is 111 Å². The molecule has 0 saturated heterocycles. The Morgan fingerprint density at radius 1 is 0.404 bits per heavy atom. The van der Waals surface area contributed by atoms with Crippen molar-refractivity contribution < 1.29 is 0 Å². The first-order chi connectivity index (χ1) is 27.1. The number of hydrogen-bond donors (Lipinski definition) is 0. The van der Waals surface area contributed by atoms with Crippen LogP contribution < -0.4 is 0 Å². The van der Waals surface area contributed by atoms with Crippen LogP contribution in [0.4, 0.5) is 0 Å². The van der Waals surface area contributed by atoms with Crippen LogP contribution in [0, 0.1) is 122 Å². The third-order valence-electron chi connectivity index (χ3n) is 23.4. The fourth-order valence-corrected chi connectivity index (χ4v) is 20.2. The van der Waals surface area contributed by atoms with Crippen LogP contribution in [0.25, 0.3) is 0 Å². The quantitative estimate of drug-likeness (QED) is 0.262. The fourth-order valence-electron chi connectivity index (χ4n) is 20.2. The minimum Gasteiger partial charge on any atom is -0.0648 e. The summed E-state index contributed by atoms with van der Waals surface area (Å²) in [6, 6.07) is 0. The third kappa shape index (κ3) is 8.33. The lowest BCUT2D eigenvalue weighted by atomic mass is 9.43. The van der Waals surface area contributed by atoms with Crippen molar-refractivity contribution >= 4 is 0 Å². The molecule has 17 saturated carbocycles. The van der Waals surface area contributed by atoms with Gasteiger partial charge in [-0.1, -0.05) is 101 Å². The molecule has 326 valence electrons. The van der Waals surface area contributed by atoms with E-state index >= 15 is 0 Å². The molecule has 0 aromatic carbocycles. The fraction of sp³-hybridized carbons (Fsp3) is 1.00.